The standard InChI is InChI=1S/C19H20F3NO5/c1-27-16-9-13(19(20,21)22)7-8-14(16)17(25)15(24)10-23-18(26)28-11-12-5-3-2-4-6-12/h2-9,15,17,24-25H,10-11H2,1H3,(H,23,26). The summed E-state index contributed by atoms with van der Waals surface area (Å²) in [6.45, 7) is -0.350. The lowest BCUT2D eigenvalue weighted by molar-refractivity contribution is -0.137. The molecule has 0 saturated carbocycles. The Kier molecular flexibility index (Phi) is 7.24. The highest BCUT2D eigenvalue weighted by Gasteiger charge is 2.32. The van der Waals surface area contributed by atoms with Crippen LogP contribution in [0.2, 0.25) is 0 Å². The molecule has 0 aliphatic rings. The third-order valence-electron chi connectivity index (χ3n) is 3.91. The van der Waals surface area contributed by atoms with Crippen LogP contribution >= 0.6 is 0 Å². The maximum Gasteiger partial charge on any atom is 0.416 e. The van der Waals surface area contributed by atoms with E-state index in [9.17, 15) is 28.2 Å². The van der Waals surface area contributed by atoms with E-state index < -0.39 is 30.0 Å². The van der Waals surface area contributed by atoms with E-state index in [2.05, 4.69) is 5.32 Å². The van der Waals surface area contributed by atoms with Crippen LogP contribution in [-0.4, -0.2) is 36.1 Å². The molecule has 6 nitrogen and oxygen atoms in total. The fourth-order valence-electron chi connectivity index (χ4n) is 2.41. The van der Waals surface area contributed by atoms with E-state index in [1.807, 2.05) is 6.07 Å². The first-order chi connectivity index (χ1) is 13.2. The number of alkyl carbamates (subject to hydrolysis) is 1. The van der Waals surface area contributed by atoms with Gasteiger partial charge < -0.3 is 25.0 Å². The maximum atomic E-state index is 12.8. The highest BCUT2D eigenvalue weighted by atomic mass is 19.4. The first kappa shape index (κ1) is 21.5. The smallest absolute Gasteiger partial charge is 0.416 e. The predicted octanol–water partition coefficient (Wildman–Crippen LogP) is 3.03. The summed E-state index contributed by atoms with van der Waals surface area (Å²) in [5.41, 5.74) is -0.215. The molecule has 0 aliphatic carbocycles. The molecule has 0 spiro atoms. The summed E-state index contributed by atoms with van der Waals surface area (Å²) in [6, 6.07) is 11.4. The lowest BCUT2D eigenvalue weighted by Gasteiger charge is -2.21. The minimum atomic E-state index is -4.57. The van der Waals surface area contributed by atoms with Crippen LogP contribution in [0.4, 0.5) is 18.0 Å². The summed E-state index contributed by atoms with van der Waals surface area (Å²) in [6.07, 6.45) is -8.45. The van der Waals surface area contributed by atoms with Gasteiger partial charge in [0.15, 0.2) is 0 Å². The number of aliphatic hydroxyl groups is 2. The van der Waals surface area contributed by atoms with Crippen LogP contribution in [0.1, 0.15) is 22.8 Å². The minimum Gasteiger partial charge on any atom is -0.496 e. The second-order valence-electron chi connectivity index (χ2n) is 5.91. The van der Waals surface area contributed by atoms with Crippen molar-refractivity contribution in [3.63, 3.8) is 0 Å². The number of methoxy groups -OCH3 is 1. The maximum absolute atomic E-state index is 12.8. The third-order valence-corrected chi connectivity index (χ3v) is 3.91. The Hall–Kier alpha value is -2.78. The second kappa shape index (κ2) is 9.43. The Morgan fingerprint density at radius 1 is 1.14 bits per heavy atom. The van der Waals surface area contributed by atoms with E-state index in [0.29, 0.717) is 0 Å². The van der Waals surface area contributed by atoms with Crippen molar-refractivity contribution < 1.29 is 37.7 Å². The van der Waals surface area contributed by atoms with Crippen LogP contribution < -0.4 is 10.1 Å². The molecule has 2 aromatic rings. The molecule has 9 heteroatoms. The summed E-state index contributed by atoms with van der Waals surface area (Å²) >= 11 is 0. The Morgan fingerprint density at radius 2 is 1.82 bits per heavy atom. The van der Waals surface area contributed by atoms with Gasteiger partial charge in [0.1, 0.15) is 24.6 Å². The Balaban J connectivity index is 1.93. The lowest BCUT2D eigenvalue weighted by atomic mass is 10.0. The van der Waals surface area contributed by atoms with Crippen molar-refractivity contribution in [3.8, 4) is 5.75 Å². The van der Waals surface area contributed by atoms with Gasteiger partial charge in [0.2, 0.25) is 0 Å². The van der Waals surface area contributed by atoms with E-state index in [1.165, 1.54) is 0 Å². The molecule has 2 rings (SSSR count). The van der Waals surface area contributed by atoms with Gasteiger partial charge >= 0.3 is 12.3 Å². The minimum absolute atomic E-state index is 0.0258. The molecular weight excluding hydrogens is 379 g/mol. The molecule has 0 aromatic heterocycles. The molecule has 1 amide bonds. The number of halogens is 3. The van der Waals surface area contributed by atoms with E-state index >= 15 is 0 Å². The fourth-order valence-corrected chi connectivity index (χ4v) is 2.41. The van der Waals surface area contributed by atoms with E-state index in [0.717, 1.165) is 30.9 Å². The van der Waals surface area contributed by atoms with Crippen LogP contribution in [0, 0.1) is 0 Å². The largest absolute Gasteiger partial charge is 0.496 e. The topological polar surface area (TPSA) is 88.0 Å². The SMILES string of the molecule is COc1cc(C(F)(F)F)ccc1C(O)C(O)CNC(=O)OCc1ccccc1. The molecule has 3 N–H and O–H groups in total. The summed E-state index contributed by atoms with van der Waals surface area (Å²) in [5.74, 6) is -0.229. The van der Waals surface area contributed by atoms with Crippen LogP contribution in [0.25, 0.3) is 0 Å². The van der Waals surface area contributed by atoms with Crippen molar-refractivity contribution in [1.82, 2.24) is 5.32 Å². The molecule has 152 valence electrons. The molecule has 2 unspecified atom stereocenters. The molecule has 0 bridgehead atoms. The molecule has 28 heavy (non-hydrogen) atoms. The Labute approximate surface area is 159 Å². The number of carbonyl (C=O) groups excluding carboxylic acids is 1. The van der Waals surface area contributed by atoms with E-state index in [4.69, 9.17) is 9.47 Å². The molecule has 0 fully saturated rings. The molecule has 0 heterocycles. The molecule has 2 aromatic carbocycles. The Morgan fingerprint density at radius 3 is 2.43 bits per heavy atom. The van der Waals surface area contributed by atoms with Gasteiger partial charge in [-0.05, 0) is 17.7 Å². The number of aliphatic hydroxyl groups excluding tert-OH is 2. The average Bonchev–Trinajstić information content (AvgIpc) is 2.69. The normalized spacial score (nSPS) is 13.5. The van der Waals surface area contributed by atoms with Gasteiger partial charge in [-0.3, -0.25) is 0 Å². The van der Waals surface area contributed by atoms with E-state index in [1.54, 1.807) is 24.3 Å². The van der Waals surface area contributed by atoms with Crippen molar-refractivity contribution in [3.05, 3.63) is 65.2 Å². The summed E-state index contributed by atoms with van der Waals surface area (Å²) in [5, 5.41) is 22.6. The highest BCUT2D eigenvalue weighted by Crippen LogP contribution is 2.35. The molecule has 0 saturated heterocycles. The van der Waals surface area contributed by atoms with Crippen molar-refractivity contribution in [1.29, 1.82) is 0 Å². The van der Waals surface area contributed by atoms with Gasteiger partial charge in [-0.15, -0.1) is 0 Å². The van der Waals surface area contributed by atoms with Crippen molar-refractivity contribution in [2.24, 2.45) is 0 Å². The average molecular weight is 399 g/mol. The van der Waals surface area contributed by atoms with Gasteiger partial charge in [0.25, 0.3) is 0 Å². The van der Waals surface area contributed by atoms with Gasteiger partial charge in [0, 0.05) is 12.1 Å². The summed E-state index contributed by atoms with van der Waals surface area (Å²) in [4.78, 5) is 11.7. The van der Waals surface area contributed by atoms with E-state index in [-0.39, 0.29) is 24.5 Å². The highest BCUT2D eigenvalue weighted by molar-refractivity contribution is 5.67. The number of benzene rings is 2. The molecule has 0 radical (unpaired) electrons. The summed E-state index contributed by atoms with van der Waals surface area (Å²) in [7, 11) is 1.15. The lowest BCUT2D eigenvalue weighted by Crippen LogP contribution is -2.35. The molecule has 2 atom stereocenters. The van der Waals surface area contributed by atoms with Gasteiger partial charge in [-0.1, -0.05) is 36.4 Å². The van der Waals surface area contributed by atoms with Gasteiger partial charge in [-0.25, -0.2) is 4.79 Å². The first-order valence-corrected chi connectivity index (χ1v) is 8.28. The third kappa shape index (κ3) is 5.86. The predicted molar refractivity (Wildman–Crippen MR) is 93.6 cm³/mol. The van der Waals surface area contributed by atoms with Crippen molar-refractivity contribution in [2.45, 2.75) is 25.0 Å². The zero-order valence-corrected chi connectivity index (χ0v) is 14.9. The number of rotatable bonds is 7. The zero-order chi connectivity index (χ0) is 20.7. The number of amides is 1. The number of ether oxygens (including phenoxy) is 2. The number of hydrogen-bond acceptors (Lipinski definition) is 5. The molecule has 0 aliphatic heterocycles. The number of alkyl halides is 3. The van der Waals surface area contributed by atoms with Gasteiger partial charge in [0.05, 0.1) is 12.7 Å². The number of nitrogens with one attached hydrogen (secondary N) is 1. The monoisotopic (exact) mass is 399 g/mol. The van der Waals surface area contributed by atoms with Crippen molar-refractivity contribution in [2.75, 3.05) is 13.7 Å². The van der Waals surface area contributed by atoms with Crippen LogP contribution in [0.3, 0.4) is 0 Å². The van der Waals surface area contributed by atoms with Crippen LogP contribution in [0.15, 0.2) is 48.5 Å². The Bertz CT molecular complexity index is 783. The quantitative estimate of drug-likeness (QED) is 0.666. The zero-order valence-electron chi connectivity index (χ0n) is 14.9. The fraction of sp³-hybridized carbons (Fsp3) is 0.316. The molecular formula is C19H20F3NO5. The van der Waals surface area contributed by atoms with Crippen LogP contribution in [-0.2, 0) is 17.5 Å². The number of carbonyl (C=O) groups is 1. The van der Waals surface area contributed by atoms with Crippen LogP contribution in [0.5, 0.6) is 5.75 Å². The van der Waals surface area contributed by atoms with Gasteiger partial charge in [-0.2, -0.15) is 13.2 Å². The second-order valence-corrected chi connectivity index (χ2v) is 5.91. The first-order valence-electron chi connectivity index (χ1n) is 8.28. The summed E-state index contributed by atoms with van der Waals surface area (Å²) < 4.78 is 48.2. The van der Waals surface area contributed by atoms with Crippen molar-refractivity contribution >= 4 is 6.09 Å². The number of hydrogen-bond donors (Lipinski definition) is 3.